The largest absolute Gasteiger partial charge is 0.544 e. The van der Waals surface area contributed by atoms with E-state index in [1.54, 1.807) is 24.3 Å². The highest BCUT2D eigenvalue weighted by Crippen LogP contribution is 2.44. The molecule has 14 rings (SSSR count). The molecule has 2 fully saturated rings. The fourth-order valence-corrected chi connectivity index (χ4v) is 15.1. The molecule has 2 aliphatic heterocycles. The van der Waals surface area contributed by atoms with Crippen LogP contribution in [0.15, 0.2) is 203 Å². The topological polar surface area (TPSA) is 125 Å². The second-order valence-electron chi connectivity index (χ2n) is 31.5. The van der Waals surface area contributed by atoms with Gasteiger partial charge in [0.05, 0.1) is 52.9 Å². The van der Waals surface area contributed by atoms with Crippen LogP contribution < -0.4 is 13.9 Å². The molecule has 10 nitrogen and oxygen atoms in total. The molecule has 576 valence electrons. The third kappa shape index (κ3) is 24.0. The monoisotopic (exact) mass is 1650 g/mol. The van der Waals surface area contributed by atoms with Crippen LogP contribution in [-0.4, -0.2) is 97.1 Å². The van der Waals surface area contributed by atoms with E-state index in [1.807, 2.05) is 62.4 Å². The molecule has 3 N–H and O–H groups in total. The fraction of sp³-hybridized carbons (Fsp3) is 0.362. The van der Waals surface area contributed by atoms with Crippen molar-refractivity contribution in [2.75, 3.05) is 66.1 Å². The van der Waals surface area contributed by atoms with Gasteiger partial charge in [-0.1, -0.05) is 200 Å². The number of ether oxygens (including phenoxy) is 6. The minimum absolute atomic E-state index is 0.286. The van der Waals surface area contributed by atoms with Gasteiger partial charge < -0.3 is 48.2 Å². The Hall–Kier alpha value is -7.48. The molecule has 2 saturated heterocycles. The minimum atomic E-state index is -1.56. The number of unbranched alkanes of at least 4 members (excludes halogenated alkanes) is 6. The van der Waals surface area contributed by atoms with Crippen LogP contribution in [0.5, 0.6) is 34.5 Å². The van der Waals surface area contributed by atoms with Crippen LogP contribution in [0.2, 0.25) is 39.3 Å². The van der Waals surface area contributed by atoms with Gasteiger partial charge in [0, 0.05) is 33.0 Å². The maximum atomic E-state index is 9.77. The maximum absolute atomic E-state index is 9.77. The first-order chi connectivity index (χ1) is 52.2. The summed E-state index contributed by atoms with van der Waals surface area (Å²) in [4.78, 5) is 0. The summed E-state index contributed by atoms with van der Waals surface area (Å²) < 4.78 is 43.2. The zero-order valence-corrected chi connectivity index (χ0v) is 71.9. The van der Waals surface area contributed by atoms with Gasteiger partial charge in [0.2, 0.25) is 8.32 Å². The molecule has 0 aromatic rings. The first-order valence-corrected chi connectivity index (χ1v) is 48.2. The average molecular weight is 1650 g/mol. The lowest BCUT2D eigenvalue weighted by atomic mass is 9.84. The Kier molecular flexibility index (Phi) is 30.1. The number of rotatable bonds is 26. The molecule has 0 unspecified atom stereocenters. The van der Waals surface area contributed by atoms with Crippen LogP contribution in [0, 0.1) is 38.5 Å². The zero-order chi connectivity index (χ0) is 77.9. The van der Waals surface area contributed by atoms with E-state index in [0.717, 1.165) is 199 Å². The first kappa shape index (κ1) is 84.0. The molecule has 0 spiro atoms. The van der Waals surface area contributed by atoms with E-state index < -0.39 is 15.7 Å². The van der Waals surface area contributed by atoms with E-state index in [2.05, 4.69) is 220 Å². The normalized spacial score (nSPS) is 13.6. The molecule has 0 aromatic heterocycles. The molecule has 15 heteroatoms. The van der Waals surface area contributed by atoms with Gasteiger partial charge in [0.15, 0.2) is 0 Å². The molecule has 0 aromatic carbocycles. The predicted octanol–water partition coefficient (Wildman–Crippen LogP) is 26.6. The van der Waals surface area contributed by atoms with Crippen LogP contribution in [0.3, 0.4) is 0 Å². The smallest absolute Gasteiger partial charge is 0.242 e. The van der Waals surface area contributed by atoms with Crippen molar-refractivity contribution in [2.45, 2.75) is 145 Å². The van der Waals surface area contributed by atoms with Gasteiger partial charge in [-0.3, -0.25) is 0 Å². The lowest BCUT2D eigenvalue weighted by Crippen LogP contribution is -2.45. The Bertz CT molecular complexity index is 4250. The van der Waals surface area contributed by atoms with Gasteiger partial charge in [0.25, 0.3) is 0 Å². The number of hydrogen-bond donors (Lipinski definition) is 3. The first-order valence-electron chi connectivity index (χ1n) is 38.7. The molecule has 109 heavy (non-hydrogen) atoms. The number of aromatic hydroxyl groups is 3. The highest BCUT2D eigenvalue weighted by atomic mass is 79.9. The van der Waals surface area contributed by atoms with E-state index in [1.165, 1.54) is 68.5 Å². The third-order valence-electron chi connectivity index (χ3n) is 20.4. The van der Waals surface area contributed by atoms with E-state index >= 15 is 0 Å². The van der Waals surface area contributed by atoms with E-state index in [4.69, 9.17) is 43.9 Å². The lowest BCUT2D eigenvalue weighted by Gasteiger charge is -2.40. The van der Waals surface area contributed by atoms with Crippen LogP contribution in [0.4, 0.5) is 0 Å². The Morgan fingerprint density at radius 3 is 0.881 bits per heavy atom. The van der Waals surface area contributed by atoms with E-state index in [-0.39, 0.29) is 10.8 Å². The summed E-state index contributed by atoms with van der Waals surface area (Å²) in [5.74, 6) is 4.02. The molecule has 0 atom stereocenters. The van der Waals surface area contributed by atoms with Crippen molar-refractivity contribution >= 4 is 58.6 Å². The van der Waals surface area contributed by atoms with Crippen molar-refractivity contribution in [3.63, 3.8) is 0 Å². The summed E-state index contributed by atoms with van der Waals surface area (Å²) in [5, 5.41) is 28.9. The summed E-state index contributed by atoms with van der Waals surface area (Å²) in [7, 11) is -2.70. The molecule has 0 radical (unpaired) electrons. The van der Waals surface area contributed by atoms with Crippen molar-refractivity contribution in [1.82, 2.24) is 0 Å². The number of halogens is 3. The molecule has 2 heterocycles. The van der Waals surface area contributed by atoms with Gasteiger partial charge in [-0.05, 0) is 283 Å². The summed E-state index contributed by atoms with van der Waals surface area (Å²) in [6, 6.07) is 66.2. The summed E-state index contributed by atoms with van der Waals surface area (Å²) >= 11 is 12.6. The van der Waals surface area contributed by atoms with Crippen LogP contribution >= 0.6 is 42.9 Å². The van der Waals surface area contributed by atoms with Gasteiger partial charge >= 0.3 is 0 Å². The summed E-state index contributed by atoms with van der Waals surface area (Å²) in [6.45, 7) is 33.9. The molecule has 0 amide bonds. The van der Waals surface area contributed by atoms with Crippen molar-refractivity contribution in [1.29, 1.82) is 0 Å². The molecule has 12 aliphatic carbocycles. The second kappa shape index (κ2) is 39.1. The molecule has 14 aliphatic rings. The van der Waals surface area contributed by atoms with Gasteiger partial charge in [-0.25, -0.2) is 0 Å². The van der Waals surface area contributed by atoms with Crippen LogP contribution in [0.25, 0.3) is 89.0 Å². The van der Waals surface area contributed by atoms with Crippen molar-refractivity contribution in [3.05, 3.63) is 225 Å². The maximum Gasteiger partial charge on any atom is 0.242 e. The zero-order valence-electron chi connectivity index (χ0n) is 66.0. The average Bonchev–Trinajstić information content (AvgIpc) is 1.62. The van der Waals surface area contributed by atoms with Gasteiger partial charge in [-0.2, -0.15) is 11.1 Å². The number of fused-ring (bicyclic) bond motifs is 6. The summed E-state index contributed by atoms with van der Waals surface area (Å²) in [6.07, 6.45) is 11.3. The van der Waals surface area contributed by atoms with Crippen LogP contribution in [-0.2, 0) is 18.9 Å². The predicted molar refractivity (Wildman–Crippen MR) is 466 cm³/mol. The Balaban J connectivity index is 0.000000174. The van der Waals surface area contributed by atoms with E-state index in [0.29, 0.717) is 17.2 Å². The molecular weight excluding hydrogens is 1540 g/mol. The van der Waals surface area contributed by atoms with Gasteiger partial charge in [-0.15, -0.1) is 0 Å². The van der Waals surface area contributed by atoms with Crippen molar-refractivity contribution in [2.24, 2.45) is 10.8 Å². The Labute approximate surface area is 672 Å². The fourth-order valence-electron chi connectivity index (χ4n) is 13.6. The molecule has 0 saturated carbocycles. The Morgan fingerprint density at radius 2 is 0.624 bits per heavy atom. The Morgan fingerprint density at radius 1 is 0.367 bits per heavy atom. The quantitative estimate of drug-likeness (QED) is 0.0274. The molecule has 0 bridgehead atoms. The highest BCUT2D eigenvalue weighted by Gasteiger charge is 2.38. The number of hydrogen-bond acceptors (Lipinski definition) is 10. The standard InChI is InChI=1S/C44H58O6.C20H14O2.C15H19BrOSi.C12H11BrO.C3H9ClSi/c1-3-43(31-47-32-43)29-45-21-9-5-7-11-23-49-41-25-37-17-13-35(14-18-38(37)26-41)36-15-19-39-27-42(28-40(39)20-16-36)50-24-12-8-6-10-22-46-30-44(4-2)33-48-34-44;21-19-9-15-5-1-13(2-6-16(15)10-19)14-3-7-17-11-20(22)12-18(17)8-4-14;1-10-13-8-6-12(16)7-9-14(13)11(2)15(10)17-18(3,4)5;1-7-10-5-3-9(13)4-6-11(10)8(2)12(7)14;1-5(2,3)4/h13-20,25-28H,3-12,21-24,29-34H2,1-2H3;1-12,21-22H;6-9H,1-5H3;3-6,14H,1-2H3;1-3H3. The minimum Gasteiger partial charge on any atom is -0.544 e. The third-order valence-corrected chi connectivity index (χ3v) is 22.3. The van der Waals surface area contributed by atoms with Gasteiger partial charge in [0.1, 0.15) is 41.9 Å². The molecular formula is C94H111Br2ClO10Si2. The van der Waals surface area contributed by atoms with E-state index in [9.17, 15) is 15.3 Å². The van der Waals surface area contributed by atoms with Crippen LogP contribution in [0.1, 0.15) is 100 Å². The van der Waals surface area contributed by atoms with Crippen molar-refractivity contribution < 1.29 is 48.2 Å². The highest BCUT2D eigenvalue weighted by molar-refractivity contribution is 9.10. The summed E-state index contributed by atoms with van der Waals surface area (Å²) in [5.41, 5.74) is 23.3. The second-order valence-corrected chi connectivity index (χ2v) is 45.3. The lowest BCUT2D eigenvalue weighted by molar-refractivity contribution is -0.150. The van der Waals surface area contributed by atoms with Crippen molar-refractivity contribution in [3.8, 4) is 124 Å². The SMILES string of the molecule is CCC1(COCCCCCCOc2cc3ccc(-c4ccc5cc(OCCCCCCOCC6(CC)COC6)cc-5cc4)ccc-3c2)COC1.C[Si](C)(C)Cl.Cc1c2ccc(Br)ccc-2c(C)c1O.Cc1c2ccc(Br)ccc-2c(C)c1O[Si](C)(C)C.Oc1cc2ccc(-c3ccc4cc(O)cc-4cc3)ccc-2c1.